The molecule has 1 aliphatic heterocycles. The van der Waals surface area contributed by atoms with Gasteiger partial charge in [-0.05, 0) is 42.7 Å². The highest BCUT2D eigenvalue weighted by atomic mass is 32.1. The number of carbonyl (C=O) groups is 2. The van der Waals surface area contributed by atoms with Crippen molar-refractivity contribution in [2.75, 3.05) is 20.3 Å². The smallest absolute Gasteiger partial charge is 0.344 e. The molecule has 2 aromatic carbocycles. The first-order chi connectivity index (χ1) is 17.5. The highest BCUT2D eigenvalue weighted by molar-refractivity contribution is 7.07. The summed E-state index contributed by atoms with van der Waals surface area (Å²) in [4.78, 5) is 43.1. The molecule has 0 fully saturated rings. The summed E-state index contributed by atoms with van der Waals surface area (Å²) >= 11 is 1.27. The average Bonchev–Trinajstić information content (AvgIpc) is 3.21. The summed E-state index contributed by atoms with van der Waals surface area (Å²) in [5.41, 5.74) is 2.31. The quantitative estimate of drug-likeness (QED) is 0.436. The van der Waals surface area contributed by atoms with Crippen molar-refractivity contribution in [3.63, 3.8) is 0 Å². The number of nitrogens with zero attached hydrogens (tertiary/aromatic N) is 2. The fourth-order valence-electron chi connectivity index (χ4n) is 3.97. The predicted molar refractivity (Wildman–Crippen MR) is 135 cm³/mol. The van der Waals surface area contributed by atoms with Crippen molar-refractivity contribution in [3.05, 3.63) is 96.7 Å². The molecule has 0 aliphatic carbocycles. The monoisotopic (exact) mass is 506 g/mol. The van der Waals surface area contributed by atoms with Crippen LogP contribution in [0.25, 0.3) is 6.08 Å². The van der Waals surface area contributed by atoms with E-state index in [1.54, 1.807) is 41.8 Å². The number of esters is 2. The van der Waals surface area contributed by atoms with Gasteiger partial charge in [0.2, 0.25) is 0 Å². The molecule has 0 unspecified atom stereocenters. The number of ether oxygens (including phenoxy) is 3. The zero-order valence-corrected chi connectivity index (χ0v) is 21.0. The third kappa shape index (κ3) is 5.16. The van der Waals surface area contributed by atoms with Crippen LogP contribution in [0.4, 0.5) is 0 Å². The first-order valence-corrected chi connectivity index (χ1v) is 12.3. The summed E-state index contributed by atoms with van der Waals surface area (Å²) in [6.45, 7) is 3.78. The van der Waals surface area contributed by atoms with Crippen molar-refractivity contribution in [3.8, 4) is 5.75 Å². The fraction of sp³-hybridized carbons (Fsp3) is 0.259. The molecule has 0 radical (unpaired) electrons. The van der Waals surface area contributed by atoms with Gasteiger partial charge in [0.15, 0.2) is 11.4 Å². The molecule has 0 spiro atoms. The van der Waals surface area contributed by atoms with E-state index in [4.69, 9.17) is 14.2 Å². The van der Waals surface area contributed by atoms with Gasteiger partial charge in [0.05, 0.1) is 35.6 Å². The molecule has 0 amide bonds. The van der Waals surface area contributed by atoms with Gasteiger partial charge in [0.25, 0.3) is 5.56 Å². The zero-order valence-electron chi connectivity index (χ0n) is 20.2. The van der Waals surface area contributed by atoms with Crippen LogP contribution in [-0.2, 0) is 19.1 Å². The summed E-state index contributed by atoms with van der Waals surface area (Å²) in [6, 6.07) is 15.8. The Kier molecular flexibility index (Phi) is 7.80. The van der Waals surface area contributed by atoms with Gasteiger partial charge in [-0.1, -0.05) is 60.7 Å². The summed E-state index contributed by atoms with van der Waals surface area (Å²) in [5.74, 6) is -0.424. The molecule has 0 saturated carbocycles. The number of hydrogen-bond donors (Lipinski definition) is 0. The van der Waals surface area contributed by atoms with Crippen LogP contribution in [0.15, 0.2) is 75.7 Å². The Morgan fingerprint density at radius 1 is 1.08 bits per heavy atom. The molecular weight excluding hydrogens is 480 g/mol. The van der Waals surface area contributed by atoms with Gasteiger partial charge in [0, 0.05) is 0 Å². The zero-order chi connectivity index (χ0) is 25.7. The molecule has 1 aromatic heterocycles. The third-order valence-electron chi connectivity index (χ3n) is 5.61. The van der Waals surface area contributed by atoms with E-state index in [0.717, 1.165) is 11.1 Å². The first kappa shape index (κ1) is 25.1. The van der Waals surface area contributed by atoms with Crippen molar-refractivity contribution in [1.29, 1.82) is 0 Å². The Balaban J connectivity index is 1.75. The van der Waals surface area contributed by atoms with Gasteiger partial charge in [-0.2, -0.15) is 0 Å². The summed E-state index contributed by atoms with van der Waals surface area (Å²) in [5, 5.41) is 0. The van der Waals surface area contributed by atoms with Crippen LogP contribution in [0.3, 0.4) is 0 Å². The normalized spacial score (nSPS) is 15.2. The van der Waals surface area contributed by atoms with Crippen LogP contribution >= 0.6 is 11.3 Å². The minimum atomic E-state index is -0.634. The second-order valence-electron chi connectivity index (χ2n) is 7.86. The van der Waals surface area contributed by atoms with E-state index in [1.807, 2.05) is 37.3 Å². The minimum Gasteiger partial charge on any atom is -0.482 e. The maximum atomic E-state index is 13.6. The summed E-state index contributed by atoms with van der Waals surface area (Å²) < 4.78 is 17.4. The molecule has 0 N–H and O–H groups in total. The highest BCUT2D eigenvalue weighted by Gasteiger charge is 2.33. The molecule has 36 heavy (non-hydrogen) atoms. The lowest BCUT2D eigenvalue weighted by Gasteiger charge is -2.25. The predicted octanol–water partition coefficient (Wildman–Crippen LogP) is 2.74. The van der Waals surface area contributed by atoms with E-state index in [9.17, 15) is 14.4 Å². The number of fused-ring (bicyclic) bond motifs is 1. The largest absolute Gasteiger partial charge is 0.482 e. The lowest BCUT2D eigenvalue weighted by Crippen LogP contribution is -2.40. The minimum absolute atomic E-state index is 0.173. The molecule has 4 rings (SSSR count). The van der Waals surface area contributed by atoms with E-state index >= 15 is 0 Å². The maximum absolute atomic E-state index is 13.6. The van der Waals surface area contributed by atoms with Crippen LogP contribution in [0.5, 0.6) is 5.75 Å². The third-order valence-corrected chi connectivity index (χ3v) is 6.59. The molecule has 3 aromatic rings. The van der Waals surface area contributed by atoms with Crippen molar-refractivity contribution < 1.29 is 23.8 Å². The van der Waals surface area contributed by atoms with Crippen LogP contribution in [-0.4, -0.2) is 36.8 Å². The molecular formula is C27H26N2O6S. The molecule has 1 atom stereocenters. The SMILES string of the molecule is CCOC(=O)COc1ccc(/C=c2\sc3n(c2=O)[C@@H](c2ccccc2)C(C(=O)OC)=C(CC)N=3)cc1. The van der Waals surface area contributed by atoms with Crippen molar-refractivity contribution >= 4 is 29.4 Å². The first-order valence-electron chi connectivity index (χ1n) is 11.5. The van der Waals surface area contributed by atoms with Crippen molar-refractivity contribution in [1.82, 2.24) is 4.57 Å². The number of hydrogen-bond acceptors (Lipinski definition) is 8. The van der Waals surface area contributed by atoms with Gasteiger partial charge in [-0.3, -0.25) is 9.36 Å². The van der Waals surface area contributed by atoms with Crippen LogP contribution in [0, 0.1) is 0 Å². The second-order valence-corrected chi connectivity index (χ2v) is 8.87. The summed E-state index contributed by atoms with van der Waals surface area (Å²) in [7, 11) is 1.33. The second kappa shape index (κ2) is 11.2. The standard InChI is InChI=1S/C27H26N2O6S/c1-4-20-23(26(32)33-3)24(18-9-7-6-8-10-18)29-25(31)21(36-27(29)28-20)15-17-11-13-19(14-12-17)35-16-22(30)34-5-2/h6-15,24H,4-5,16H2,1-3H3/b21-15-/t24-/m0/s1. The van der Waals surface area contributed by atoms with Crippen molar-refractivity contribution in [2.24, 2.45) is 4.99 Å². The number of thiazole rings is 1. The van der Waals surface area contributed by atoms with Gasteiger partial charge in [-0.15, -0.1) is 0 Å². The molecule has 1 aliphatic rings. The Morgan fingerprint density at radius 3 is 2.44 bits per heavy atom. The molecule has 0 saturated heterocycles. The van der Waals surface area contributed by atoms with Gasteiger partial charge < -0.3 is 14.2 Å². The Hall–Kier alpha value is -3.98. The van der Waals surface area contributed by atoms with E-state index < -0.39 is 18.0 Å². The molecule has 2 heterocycles. The molecule has 186 valence electrons. The fourth-order valence-corrected chi connectivity index (χ4v) is 4.99. The van der Waals surface area contributed by atoms with Crippen LogP contribution in [0.2, 0.25) is 0 Å². The molecule has 8 nitrogen and oxygen atoms in total. The Labute approximate surface area is 211 Å². The number of rotatable bonds is 8. The number of carbonyl (C=O) groups excluding carboxylic acids is 2. The van der Waals surface area contributed by atoms with E-state index in [1.165, 1.54) is 18.4 Å². The lowest BCUT2D eigenvalue weighted by molar-refractivity contribution is -0.145. The van der Waals surface area contributed by atoms with Crippen LogP contribution < -0.4 is 19.6 Å². The lowest BCUT2D eigenvalue weighted by atomic mass is 9.95. The topological polar surface area (TPSA) is 96.2 Å². The Bertz CT molecular complexity index is 1470. The highest BCUT2D eigenvalue weighted by Crippen LogP contribution is 2.31. The van der Waals surface area contributed by atoms with Crippen LogP contribution in [0.1, 0.15) is 37.4 Å². The average molecular weight is 507 g/mol. The number of aromatic nitrogens is 1. The maximum Gasteiger partial charge on any atom is 0.344 e. The van der Waals surface area contributed by atoms with Gasteiger partial charge in [0.1, 0.15) is 5.75 Å². The molecule has 9 heteroatoms. The summed E-state index contributed by atoms with van der Waals surface area (Å²) in [6.07, 6.45) is 2.29. The van der Waals surface area contributed by atoms with Gasteiger partial charge >= 0.3 is 11.9 Å². The van der Waals surface area contributed by atoms with E-state index in [-0.39, 0.29) is 12.2 Å². The number of allylic oxidation sites excluding steroid dienone is 1. The number of benzene rings is 2. The Morgan fingerprint density at radius 2 is 1.81 bits per heavy atom. The van der Waals surface area contributed by atoms with Gasteiger partial charge in [-0.25, -0.2) is 14.6 Å². The number of methoxy groups -OCH3 is 1. The van der Waals surface area contributed by atoms with Crippen molar-refractivity contribution in [2.45, 2.75) is 26.3 Å². The van der Waals surface area contributed by atoms with E-state index in [0.29, 0.717) is 39.4 Å². The molecule has 0 bridgehead atoms. The van der Waals surface area contributed by atoms with E-state index in [2.05, 4.69) is 4.99 Å².